The number of phosphoric ester groups is 1. The molecule has 0 radical (unpaired) electrons. The highest BCUT2D eigenvalue weighted by atomic mass is 31.2. The van der Waals surface area contributed by atoms with E-state index in [1.807, 2.05) is 47.4 Å². The maximum atomic E-state index is 12.2. The minimum atomic E-state index is -4.51. The molecule has 0 aliphatic rings. The van der Waals surface area contributed by atoms with Gasteiger partial charge in [0.2, 0.25) is 0 Å². The fourth-order valence-corrected chi connectivity index (χ4v) is 5.29. The van der Waals surface area contributed by atoms with Crippen LogP contribution in [0.3, 0.4) is 0 Å². The van der Waals surface area contributed by atoms with E-state index in [1.54, 1.807) is 17.1 Å². The fraction of sp³-hybridized carbons (Fsp3) is 0.471. The zero-order valence-corrected chi connectivity index (χ0v) is 30.9. The van der Waals surface area contributed by atoms with Gasteiger partial charge in [0.15, 0.2) is 6.10 Å². The van der Waals surface area contributed by atoms with Crippen LogP contribution in [0.5, 0.6) is 0 Å². The van der Waals surface area contributed by atoms with E-state index >= 15 is 0 Å². The highest BCUT2D eigenvalue weighted by molar-refractivity contribution is 7.47. The predicted octanol–water partition coefficient (Wildman–Crippen LogP) is 1.75. The second-order valence-electron chi connectivity index (χ2n) is 11.3. The van der Waals surface area contributed by atoms with Crippen LogP contribution in [0, 0.1) is 0 Å². The molecule has 0 aliphatic carbocycles. The highest BCUT2D eigenvalue weighted by Crippen LogP contribution is 2.43. The van der Waals surface area contributed by atoms with Crippen LogP contribution in [0.1, 0.15) is 42.6 Å². The number of nitrogens with zero attached hydrogens (tertiary/aromatic N) is 6. The molecule has 2 heterocycles. The second-order valence-corrected chi connectivity index (χ2v) is 12.8. The summed E-state index contributed by atoms with van der Waals surface area (Å²) in [5.74, 6) is -1.01. The number of hydrogen-bond donors (Lipinski definition) is 2. The van der Waals surface area contributed by atoms with Crippen molar-refractivity contribution in [3.05, 3.63) is 66.0 Å². The molecule has 0 saturated heterocycles. The first kappa shape index (κ1) is 44.3. The summed E-state index contributed by atoms with van der Waals surface area (Å²) in [4.78, 5) is 64.5. The van der Waals surface area contributed by atoms with Gasteiger partial charge in [-0.1, -0.05) is 23.4 Å². The van der Waals surface area contributed by atoms with Crippen molar-refractivity contribution in [3.8, 4) is 0 Å². The predicted molar refractivity (Wildman–Crippen MR) is 191 cm³/mol. The summed E-state index contributed by atoms with van der Waals surface area (Å²) in [6.07, 6.45) is 8.07. The average Bonchev–Trinajstić information content (AvgIpc) is 3.65. The van der Waals surface area contributed by atoms with Gasteiger partial charge in [0.05, 0.1) is 44.9 Å². The summed E-state index contributed by atoms with van der Waals surface area (Å²) in [5.41, 5.74) is 3.24. The molecule has 1 aromatic carbocycles. The standard InChI is InChI=1S/C34H45N6O14P/c41-16-15-39(31-9-6-28(7-10-31)5-8-29-11-12-35-25-36-29)13-14-40-21-30(37-38-40)22-51-34(45)3-1-17-48-19-20-50-33(44)4-2-18-53-55(46,47)54-24-32(52-27-43)23-49-26-42/h5-12,21,25-27,32,41H,1-4,13-20,22-24H2,(H,46,47)/b8-5+. The topological polar surface area (TPSA) is 250 Å². The lowest BCUT2D eigenvalue weighted by molar-refractivity contribution is -0.145. The van der Waals surface area contributed by atoms with Crippen LogP contribution < -0.4 is 4.90 Å². The van der Waals surface area contributed by atoms with Gasteiger partial charge in [0.1, 0.15) is 31.8 Å². The number of phosphoric acid groups is 1. The van der Waals surface area contributed by atoms with Crippen molar-refractivity contribution in [2.75, 3.05) is 64.2 Å². The van der Waals surface area contributed by atoms with E-state index < -0.39 is 32.5 Å². The van der Waals surface area contributed by atoms with E-state index in [2.05, 4.69) is 34.3 Å². The molecule has 3 aromatic rings. The molecule has 0 amide bonds. The Morgan fingerprint density at radius 2 is 1.69 bits per heavy atom. The number of hydrogen-bond acceptors (Lipinski definition) is 18. The van der Waals surface area contributed by atoms with E-state index in [0.29, 0.717) is 31.7 Å². The minimum absolute atomic E-state index is 0.0192. The van der Waals surface area contributed by atoms with Gasteiger partial charge in [0, 0.05) is 44.4 Å². The maximum absolute atomic E-state index is 12.2. The number of carbonyl (C=O) groups excluding carboxylic acids is 4. The molecule has 2 unspecified atom stereocenters. The summed E-state index contributed by atoms with van der Waals surface area (Å²) >= 11 is 0. The monoisotopic (exact) mass is 792 g/mol. The maximum Gasteiger partial charge on any atom is 0.472 e. The van der Waals surface area contributed by atoms with Crippen LogP contribution in [-0.4, -0.2) is 125 Å². The Balaban J connectivity index is 1.22. The Bertz CT molecular complexity index is 1650. The molecule has 55 heavy (non-hydrogen) atoms. The summed E-state index contributed by atoms with van der Waals surface area (Å²) in [7, 11) is -4.51. The number of aliphatic hydroxyl groups excluding tert-OH is 1. The first-order valence-electron chi connectivity index (χ1n) is 17.2. The Morgan fingerprint density at radius 1 is 0.909 bits per heavy atom. The molecule has 0 fully saturated rings. The van der Waals surface area contributed by atoms with E-state index in [0.717, 1.165) is 16.9 Å². The summed E-state index contributed by atoms with van der Waals surface area (Å²) in [6.45, 7) is 0.662. The third-order valence-electron chi connectivity index (χ3n) is 7.21. The second kappa shape index (κ2) is 25.8. The Morgan fingerprint density at radius 3 is 2.42 bits per heavy atom. The van der Waals surface area contributed by atoms with Gasteiger partial charge >= 0.3 is 19.8 Å². The number of anilines is 1. The SMILES string of the molecule is O=COCC(COP(=O)(O)OCCCC(=O)OCCOCCCC(=O)OCc1cn(CCN(CCO)c2ccc(/C=C/c3ccncn3)cc2)nn1)OC=O. The Kier molecular flexibility index (Phi) is 20.8. The van der Waals surface area contributed by atoms with Crippen LogP contribution in [0.4, 0.5) is 5.69 Å². The zero-order valence-electron chi connectivity index (χ0n) is 30.0. The first-order chi connectivity index (χ1) is 26.7. The molecule has 20 nitrogen and oxygen atoms in total. The van der Waals surface area contributed by atoms with Crippen LogP contribution >= 0.6 is 7.82 Å². The number of rotatable bonds is 30. The minimum Gasteiger partial charge on any atom is -0.464 e. The molecule has 2 aromatic heterocycles. The largest absolute Gasteiger partial charge is 0.472 e. The number of ether oxygens (including phenoxy) is 5. The van der Waals surface area contributed by atoms with Crippen molar-refractivity contribution >= 4 is 50.5 Å². The Labute approximate surface area is 316 Å². The highest BCUT2D eigenvalue weighted by Gasteiger charge is 2.24. The van der Waals surface area contributed by atoms with Gasteiger partial charge in [-0.3, -0.25) is 32.9 Å². The Hall–Kier alpha value is -5.11. The summed E-state index contributed by atoms with van der Waals surface area (Å²) in [5, 5.41) is 17.8. The zero-order chi connectivity index (χ0) is 39.6. The van der Waals surface area contributed by atoms with E-state index in [9.17, 15) is 33.7 Å². The van der Waals surface area contributed by atoms with Crippen molar-refractivity contribution in [3.63, 3.8) is 0 Å². The lowest BCUT2D eigenvalue weighted by Crippen LogP contribution is -2.30. The normalized spacial score (nSPS) is 12.8. The number of aromatic nitrogens is 5. The summed E-state index contributed by atoms with van der Waals surface area (Å²) in [6, 6.07) is 9.75. The lowest BCUT2D eigenvalue weighted by Gasteiger charge is -2.24. The molecule has 3 rings (SSSR count). The van der Waals surface area contributed by atoms with Gasteiger partial charge in [-0.2, -0.15) is 0 Å². The average molecular weight is 793 g/mol. The van der Waals surface area contributed by atoms with Crippen LogP contribution in [0.15, 0.2) is 49.1 Å². The fourth-order valence-electron chi connectivity index (χ4n) is 4.50. The van der Waals surface area contributed by atoms with Crippen molar-refractivity contribution < 1.29 is 66.5 Å². The van der Waals surface area contributed by atoms with E-state index in [-0.39, 0.29) is 78.5 Å². The smallest absolute Gasteiger partial charge is 0.464 e. The lowest BCUT2D eigenvalue weighted by atomic mass is 10.1. The van der Waals surface area contributed by atoms with E-state index in [1.165, 1.54) is 6.33 Å². The number of carbonyl (C=O) groups is 4. The molecule has 0 bridgehead atoms. The van der Waals surface area contributed by atoms with E-state index in [4.69, 9.17) is 18.7 Å². The van der Waals surface area contributed by atoms with Gasteiger partial charge in [-0.25, -0.2) is 14.5 Å². The van der Waals surface area contributed by atoms with Crippen LogP contribution in [0.25, 0.3) is 12.2 Å². The third kappa shape index (κ3) is 19.2. The molecule has 300 valence electrons. The first-order valence-corrected chi connectivity index (χ1v) is 18.6. The van der Waals surface area contributed by atoms with Crippen LogP contribution in [0.2, 0.25) is 0 Å². The third-order valence-corrected chi connectivity index (χ3v) is 8.19. The molecule has 0 spiro atoms. The number of benzene rings is 1. The van der Waals surface area contributed by atoms with Crippen molar-refractivity contribution in [1.29, 1.82) is 0 Å². The number of esters is 2. The molecule has 2 N–H and O–H groups in total. The van der Waals surface area contributed by atoms with Gasteiger partial charge < -0.3 is 38.6 Å². The molecular weight excluding hydrogens is 747 g/mol. The van der Waals surface area contributed by atoms with Gasteiger partial charge in [0.25, 0.3) is 12.9 Å². The number of aliphatic hydroxyl groups is 1. The van der Waals surface area contributed by atoms with Gasteiger partial charge in [-0.05, 0) is 42.7 Å². The summed E-state index contributed by atoms with van der Waals surface area (Å²) < 4.78 is 47.6. The quantitative estimate of drug-likeness (QED) is 0.0321. The van der Waals surface area contributed by atoms with Crippen molar-refractivity contribution in [1.82, 2.24) is 25.0 Å². The molecule has 0 aliphatic heterocycles. The van der Waals surface area contributed by atoms with Crippen molar-refractivity contribution in [2.24, 2.45) is 0 Å². The van der Waals surface area contributed by atoms with Gasteiger partial charge in [-0.15, -0.1) is 5.10 Å². The van der Waals surface area contributed by atoms with Crippen molar-refractivity contribution in [2.45, 2.75) is 44.9 Å². The molecular formula is C34H45N6O14P. The van der Waals surface area contributed by atoms with Crippen LogP contribution in [-0.2, 0) is 69.6 Å². The molecule has 0 saturated carbocycles. The molecule has 2 atom stereocenters. The molecule has 21 heteroatoms.